The molecule has 160 valence electrons. The summed E-state index contributed by atoms with van der Waals surface area (Å²) in [5.74, 6) is -0.230. The number of aryl methyl sites for hydroxylation is 1. The minimum Gasteiger partial charge on any atom is -0.272 e. The highest BCUT2D eigenvalue weighted by atomic mass is 32.2. The number of carbonyl (C=O) groups excluding carboxylic acids is 1. The van der Waals surface area contributed by atoms with E-state index in [0.29, 0.717) is 21.8 Å². The summed E-state index contributed by atoms with van der Waals surface area (Å²) in [6.45, 7) is 3.75. The lowest BCUT2D eigenvalue weighted by molar-refractivity contribution is -0.118. The van der Waals surface area contributed by atoms with Crippen LogP contribution in [0.5, 0.6) is 0 Å². The number of rotatable bonds is 6. The Labute approximate surface area is 189 Å². The number of thioether (sulfide) groups is 1. The molecule has 0 spiro atoms. The Bertz CT molecular complexity index is 1370. The number of nitrogens with one attached hydrogen (secondary N) is 1. The van der Waals surface area contributed by atoms with Gasteiger partial charge in [0.05, 0.1) is 28.1 Å². The molecule has 1 amide bonds. The second-order valence-electron chi connectivity index (χ2n) is 7.10. The van der Waals surface area contributed by atoms with E-state index in [4.69, 9.17) is 0 Å². The Morgan fingerprint density at radius 1 is 1.06 bits per heavy atom. The number of fused-ring (bicyclic) bond motifs is 1. The first kappa shape index (κ1) is 21.5. The van der Waals surface area contributed by atoms with E-state index in [2.05, 4.69) is 20.5 Å². The Hall–Kier alpha value is -3.78. The Morgan fingerprint density at radius 3 is 2.56 bits per heavy atom. The van der Waals surface area contributed by atoms with Gasteiger partial charge in [0.15, 0.2) is 5.16 Å². The number of hydrogen-bond donors (Lipinski definition) is 1. The molecule has 0 saturated heterocycles. The molecule has 4 aromatic rings. The fourth-order valence-electron chi connectivity index (χ4n) is 3.20. The van der Waals surface area contributed by atoms with Crippen molar-refractivity contribution in [2.45, 2.75) is 19.0 Å². The maximum Gasteiger partial charge on any atom is 0.266 e. The zero-order valence-corrected chi connectivity index (χ0v) is 18.5. The molecule has 7 nitrogen and oxygen atoms in total. The molecular formula is C24H21N5O2S. The average Bonchev–Trinajstić information content (AvgIpc) is 2.82. The number of hydrogen-bond acceptors (Lipinski definition) is 6. The maximum atomic E-state index is 13.3. The van der Waals surface area contributed by atoms with Crippen LogP contribution in [-0.4, -0.2) is 31.9 Å². The standard InChI is InChI=1S/C24H21N5O2S/c1-16-7-3-6-10-21(16)29-23(31)19-8-4-5-9-20(19)26-24(29)32-15-22(30)28-27-17(2)18-11-13-25-14-12-18/h3-14H,15H2,1-2H3,(H,28,30)/b27-17-. The molecule has 0 saturated carbocycles. The lowest BCUT2D eigenvalue weighted by Crippen LogP contribution is -2.25. The van der Waals surface area contributed by atoms with E-state index in [9.17, 15) is 9.59 Å². The zero-order valence-electron chi connectivity index (χ0n) is 17.6. The Kier molecular flexibility index (Phi) is 6.42. The number of para-hydroxylation sites is 2. The van der Waals surface area contributed by atoms with Crippen molar-refractivity contribution in [1.82, 2.24) is 20.0 Å². The summed E-state index contributed by atoms with van der Waals surface area (Å²) in [5.41, 5.74) is 6.22. The fourth-order valence-corrected chi connectivity index (χ4v) is 4.00. The van der Waals surface area contributed by atoms with E-state index < -0.39 is 0 Å². The van der Waals surface area contributed by atoms with Crippen molar-refractivity contribution in [3.63, 3.8) is 0 Å². The minimum atomic E-state index is -0.290. The first-order valence-electron chi connectivity index (χ1n) is 9.98. The Balaban J connectivity index is 1.61. The molecule has 1 N–H and O–H groups in total. The fraction of sp³-hybridized carbons (Fsp3) is 0.125. The number of benzene rings is 2. The minimum absolute atomic E-state index is 0.0593. The van der Waals surface area contributed by atoms with Gasteiger partial charge in [0.25, 0.3) is 11.5 Å². The first-order valence-corrected chi connectivity index (χ1v) is 11.0. The van der Waals surface area contributed by atoms with Crippen LogP contribution < -0.4 is 11.0 Å². The summed E-state index contributed by atoms with van der Waals surface area (Å²) in [6, 6.07) is 18.5. The van der Waals surface area contributed by atoms with Gasteiger partial charge in [-0.05, 0) is 49.7 Å². The van der Waals surface area contributed by atoms with Gasteiger partial charge in [-0.2, -0.15) is 5.10 Å². The molecule has 0 fully saturated rings. The average molecular weight is 444 g/mol. The first-order chi connectivity index (χ1) is 15.5. The van der Waals surface area contributed by atoms with Crippen molar-refractivity contribution in [3.05, 3.63) is 94.5 Å². The van der Waals surface area contributed by atoms with Crippen LogP contribution in [0.2, 0.25) is 0 Å². The highest BCUT2D eigenvalue weighted by molar-refractivity contribution is 7.99. The lowest BCUT2D eigenvalue weighted by atomic mass is 10.2. The number of pyridine rings is 1. The molecule has 0 aliphatic rings. The SMILES string of the molecule is C/C(=N/NC(=O)CSc1nc2ccccc2c(=O)n1-c1ccccc1C)c1ccncc1. The quantitative estimate of drug-likeness (QED) is 0.212. The van der Waals surface area contributed by atoms with Gasteiger partial charge in [0.1, 0.15) is 0 Å². The van der Waals surface area contributed by atoms with Crippen molar-refractivity contribution in [2.24, 2.45) is 5.10 Å². The predicted molar refractivity (Wildman–Crippen MR) is 127 cm³/mol. The van der Waals surface area contributed by atoms with Gasteiger partial charge < -0.3 is 0 Å². The van der Waals surface area contributed by atoms with Crippen LogP contribution in [0.15, 0.2) is 88.1 Å². The summed E-state index contributed by atoms with van der Waals surface area (Å²) in [7, 11) is 0. The summed E-state index contributed by atoms with van der Waals surface area (Å²) < 4.78 is 1.57. The lowest BCUT2D eigenvalue weighted by Gasteiger charge is -2.14. The van der Waals surface area contributed by atoms with E-state index in [0.717, 1.165) is 16.8 Å². The third-order valence-electron chi connectivity index (χ3n) is 4.88. The molecular weight excluding hydrogens is 422 g/mol. The number of aromatic nitrogens is 3. The molecule has 0 radical (unpaired) electrons. The summed E-state index contributed by atoms with van der Waals surface area (Å²) >= 11 is 1.20. The van der Waals surface area contributed by atoms with Gasteiger partial charge in [-0.15, -0.1) is 0 Å². The smallest absolute Gasteiger partial charge is 0.266 e. The van der Waals surface area contributed by atoms with E-state index in [1.165, 1.54) is 11.8 Å². The highest BCUT2D eigenvalue weighted by Crippen LogP contribution is 2.23. The van der Waals surface area contributed by atoms with Crippen LogP contribution in [0.1, 0.15) is 18.1 Å². The van der Waals surface area contributed by atoms with Crippen LogP contribution in [-0.2, 0) is 4.79 Å². The van der Waals surface area contributed by atoms with E-state index in [-0.39, 0.29) is 17.2 Å². The summed E-state index contributed by atoms with van der Waals surface area (Å²) in [4.78, 5) is 34.4. The Morgan fingerprint density at radius 2 is 1.78 bits per heavy atom. The monoisotopic (exact) mass is 443 g/mol. The highest BCUT2D eigenvalue weighted by Gasteiger charge is 2.15. The van der Waals surface area contributed by atoms with Crippen LogP contribution in [0.25, 0.3) is 16.6 Å². The van der Waals surface area contributed by atoms with Gasteiger partial charge >= 0.3 is 0 Å². The number of amides is 1. The van der Waals surface area contributed by atoms with Crippen LogP contribution in [0, 0.1) is 6.92 Å². The van der Waals surface area contributed by atoms with Gasteiger partial charge in [-0.25, -0.2) is 10.4 Å². The molecule has 0 aliphatic carbocycles. The molecule has 2 aromatic carbocycles. The molecule has 4 rings (SSSR count). The largest absolute Gasteiger partial charge is 0.272 e. The van der Waals surface area contributed by atoms with Gasteiger partial charge in [-0.1, -0.05) is 42.1 Å². The molecule has 0 bridgehead atoms. The van der Waals surface area contributed by atoms with Crippen molar-refractivity contribution in [2.75, 3.05) is 5.75 Å². The van der Waals surface area contributed by atoms with Gasteiger partial charge in [-0.3, -0.25) is 19.1 Å². The number of hydrazone groups is 1. The van der Waals surface area contributed by atoms with Crippen molar-refractivity contribution < 1.29 is 4.79 Å². The van der Waals surface area contributed by atoms with E-state index in [1.54, 1.807) is 29.1 Å². The maximum absolute atomic E-state index is 13.3. The van der Waals surface area contributed by atoms with Crippen LogP contribution >= 0.6 is 11.8 Å². The number of carbonyl (C=O) groups is 1. The van der Waals surface area contributed by atoms with E-state index >= 15 is 0 Å². The summed E-state index contributed by atoms with van der Waals surface area (Å²) in [5, 5.41) is 5.14. The zero-order chi connectivity index (χ0) is 22.5. The topological polar surface area (TPSA) is 89.2 Å². The molecule has 2 aromatic heterocycles. The summed E-state index contributed by atoms with van der Waals surface area (Å²) in [6.07, 6.45) is 3.34. The second kappa shape index (κ2) is 9.57. The van der Waals surface area contributed by atoms with Gasteiger partial charge in [0.2, 0.25) is 0 Å². The third-order valence-corrected chi connectivity index (χ3v) is 5.82. The molecule has 0 unspecified atom stereocenters. The van der Waals surface area contributed by atoms with Crippen LogP contribution in [0.4, 0.5) is 0 Å². The molecule has 8 heteroatoms. The number of nitrogens with zero attached hydrogens (tertiary/aromatic N) is 4. The van der Waals surface area contributed by atoms with Crippen molar-refractivity contribution in [3.8, 4) is 5.69 Å². The van der Waals surface area contributed by atoms with E-state index in [1.807, 2.05) is 62.4 Å². The predicted octanol–water partition coefficient (Wildman–Crippen LogP) is 3.72. The second-order valence-corrected chi connectivity index (χ2v) is 8.04. The molecule has 0 aliphatic heterocycles. The molecule has 32 heavy (non-hydrogen) atoms. The van der Waals surface area contributed by atoms with Crippen molar-refractivity contribution >= 4 is 34.3 Å². The molecule has 2 heterocycles. The third kappa shape index (κ3) is 4.60. The normalized spacial score (nSPS) is 11.5. The molecule has 0 atom stereocenters. The van der Waals surface area contributed by atoms with Gasteiger partial charge in [0, 0.05) is 18.0 Å². The van der Waals surface area contributed by atoms with Crippen molar-refractivity contribution in [1.29, 1.82) is 0 Å². The van der Waals surface area contributed by atoms with Crippen LogP contribution in [0.3, 0.4) is 0 Å².